The number of amides is 2. The summed E-state index contributed by atoms with van der Waals surface area (Å²) in [6.07, 6.45) is 2.45. The predicted octanol–water partition coefficient (Wildman–Crippen LogP) is 2.49. The Morgan fingerprint density at radius 3 is 2.53 bits per heavy atom. The average Bonchev–Trinajstić information content (AvgIpc) is 2.81. The molecule has 3 N–H and O–H groups in total. The van der Waals surface area contributed by atoms with Gasteiger partial charge in [0.2, 0.25) is 11.8 Å². The Morgan fingerprint density at radius 2 is 1.84 bits per heavy atom. The van der Waals surface area contributed by atoms with Crippen molar-refractivity contribution in [2.24, 2.45) is 5.73 Å². The molecule has 0 aliphatic carbocycles. The second kappa shape index (κ2) is 11.8. The first-order valence-corrected chi connectivity index (χ1v) is 11.6. The fourth-order valence-electron chi connectivity index (χ4n) is 4.53. The van der Waals surface area contributed by atoms with E-state index < -0.39 is 6.04 Å². The molecule has 2 atom stereocenters. The first kappa shape index (κ1) is 24.0. The third-order valence-electron chi connectivity index (χ3n) is 6.41. The molecule has 1 unspecified atom stereocenters. The normalized spacial score (nSPS) is 18.6. The van der Waals surface area contributed by atoms with E-state index in [1.54, 1.807) is 11.8 Å². The lowest BCUT2D eigenvalue weighted by molar-refractivity contribution is -0.142. The number of benzene rings is 2. The van der Waals surface area contributed by atoms with Crippen LogP contribution in [0.15, 0.2) is 54.6 Å². The summed E-state index contributed by atoms with van der Waals surface area (Å²) >= 11 is 0. The summed E-state index contributed by atoms with van der Waals surface area (Å²) in [6.45, 7) is 6.83. The highest BCUT2D eigenvalue weighted by atomic mass is 16.2. The zero-order chi connectivity index (χ0) is 22.9. The van der Waals surface area contributed by atoms with Crippen molar-refractivity contribution in [3.8, 4) is 0 Å². The monoisotopic (exact) mass is 436 g/mol. The first-order chi connectivity index (χ1) is 15.5. The summed E-state index contributed by atoms with van der Waals surface area (Å²) in [7, 11) is 0. The van der Waals surface area contributed by atoms with Crippen LogP contribution in [0, 0.1) is 6.92 Å². The van der Waals surface area contributed by atoms with Crippen molar-refractivity contribution in [1.82, 2.24) is 15.1 Å². The van der Waals surface area contributed by atoms with Crippen LogP contribution in [0.5, 0.6) is 0 Å². The Labute approximate surface area is 191 Å². The molecular weight excluding hydrogens is 400 g/mol. The highest BCUT2D eigenvalue weighted by Crippen LogP contribution is 2.25. The summed E-state index contributed by atoms with van der Waals surface area (Å²) in [5, 5.41) is 2.89. The molecule has 6 nitrogen and oxygen atoms in total. The fourth-order valence-corrected chi connectivity index (χ4v) is 4.53. The highest BCUT2D eigenvalue weighted by molar-refractivity contribution is 5.87. The first-order valence-electron chi connectivity index (χ1n) is 11.6. The molecule has 1 saturated heterocycles. The lowest BCUT2D eigenvalue weighted by Crippen LogP contribution is -2.57. The number of piperidine rings is 1. The van der Waals surface area contributed by atoms with E-state index in [9.17, 15) is 9.59 Å². The molecule has 0 spiro atoms. The van der Waals surface area contributed by atoms with Gasteiger partial charge in [-0.2, -0.15) is 0 Å². The van der Waals surface area contributed by atoms with E-state index in [1.807, 2.05) is 6.07 Å². The van der Waals surface area contributed by atoms with E-state index in [0.29, 0.717) is 26.1 Å². The summed E-state index contributed by atoms with van der Waals surface area (Å²) in [5.74, 6) is -0.152. The molecule has 6 heteroatoms. The molecule has 2 amide bonds. The van der Waals surface area contributed by atoms with Gasteiger partial charge in [-0.05, 0) is 42.9 Å². The van der Waals surface area contributed by atoms with E-state index >= 15 is 0 Å². The molecule has 1 fully saturated rings. The summed E-state index contributed by atoms with van der Waals surface area (Å²) < 4.78 is 0. The van der Waals surface area contributed by atoms with E-state index in [2.05, 4.69) is 65.7 Å². The van der Waals surface area contributed by atoms with Crippen molar-refractivity contribution in [2.75, 3.05) is 26.2 Å². The van der Waals surface area contributed by atoms with Crippen molar-refractivity contribution in [1.29, 1.82) is 0 Å². The SMILES string of the molecule is CC(=O)N1CCC(N(CCc2ccccc2)Cc2ccccc2C)C[C@@H]1C(=O)NCCN. The molecule has 1 heterocycles. The Morgan fingerprint density at radius 1 is 1.12 bits per heavy atom. The number of rotatable bonds is 9. The van der Waals surface area contributed by atoms with Crippen LogP contribution in [-0.4, -0.2) is 59.9 Å². The Bertz CT molecular complexity index is 886. The number of hydrogen-bond donors (Lipinski definition) is 2. The molecule has 0 bridgehead atoms. The molecule has 0 radical (unpaired) electrons. The van der Waals surface area contributed by atoms with Crippen LogP contribution in [0.4, 0.5) is 0 Å². The number of carbonyl (C=O) groups excluding carboxylic acids is 2. The van der Waals surface area contributed by atoms with Crippen molar-refractivity contribution in [2.45, 2.75) is 51.7 Å². The van der Waals surface area contributed by atoms with Gasteiger partial charge in [0.15, 0.2) is 0 Å². The lowest BCUT2D eigenvalue weighted by atomic mass is 9.93. The van der Waals surface area contributed by atoms with E-state index in [1.165, 1.54) is 16.7 Å². The van der Waals surface area contributed by atoms with Crippen LogP contribution < -0.4 is 11.1 Å². The van der Waals surface area contributed by atoms with Gasteiger partial charge in [-0.25, -0.2) is 0 Å². The molecule has 3 rings (SSSR count). The maximum absolute atomic E-state index is 12.9. The van der Waals surface area contributed by atoms with Gasteiger partial charge in [0.1, 0.15) is 6.04 Å². The predicted molar refractivity (Wildman–Crippen MR) is 128 cm³/mol. The molecular formula is C26H36N4O2. The van der Waals surface area contributed by atoms with Gasteiger partial charge in [0.25, 0.3) is 0 Å². The van der Waals surface area contributed by atoms with Crippen molar-refractivity contribution in [3.63, 3.8) is 0 Å². The zero-order valence-corrected chi connectivity index (χ0v) is 19.3. The maximum Gasteiger partial charge on any atom is 0.242 e. The molecule has 2 aromatic carbocycles. The molecule has 172 valence electrons. The highest BCUT2D eigenvalue weighted by Gasteiger charge is 2.37. The Kier molecular flexibility index (Phi) is 8.82. The van der Waals surface area contributed by atoms with Crippen LogP contribution in [0.2, 0.25) is 0 Å². The van der Waals surface area contributed by atoms with Crippen LogP contribution in [0.3, 0.4) is 0 Å². The quantitative estimate of drug-likeness (QED) is 0.633. The average molecular weight is 437 g/mol. The summed E-state index contributed by atoms with van der Waals surface area (Å²) in [6, 6.07) is 18.8. The minimum atomic E-state index is -0.450. The van der Waals surface area contributed by atoms with E-state index in [-0.39, 0.29) is 17.9 Å². The third kappa shape index (κ3) is 6.40. The minimum absolute atomic E-state index is 0.0499. The summed E-state index contributed by atoms with van der Waals surface area (Å²) in [5.41, 5.74) is 9.45. The molecule has 1 aliphatic rings. The molecule has 2 aromatic rings. The largest absolute Gasteiger partial charge is 0.353 e. The van der Waals surface area contributed by atoms with Crippen LogP contribution >= 0.6 is 0 Å². The van der Waals surface area contributed by atoms with E-state index in [4.69, 9.17) is 5.73 Å². The number of nitrogens with two attached hydrogens (primary N) is 1. The van der Waals surface area contributed by atoms with Gasteiger partial charge in [-0.3, -0.25) is 14.5 Å². The van der Waals surface area contributed by atoms with Gasteiger partial charge >= 0.3 is 0 Å². The molecule has 0 aromatic heterocycles. The third-order valence-corrected chi connectivity index (χ3v) is 6.41. The Hall–Kier alpha value is -2.70. The number of hydrogen-bond acceptors (Lipinski definition) is 4. The van der Waals surface area contributed by atoms with Crippen LogP contribution in [0.1, 0.15) is 36.5 Å². The van der Waals surface area contributed by atoms with E-state index in [0.717, 1.165) is 25.9 Å². The zero-order valence-electron chi connectivity index (χ0n) is 19.3. The molecule has 32 heavy (non-hydrogen) atoms. The molecule has 1 aliphatic heterocycles. The maximum atomic E-state index is 12.9. The van der Waals surface area contributed by atoms with Gasteiger partial charge in [-0.1, -0.05) is 54.6 Å². The second-order valence-electron chi connectivity index (χ2n) is 8.62. The number of nitrogens with zero attached hydrogens (tertiary/aromatic N) is 2. The number of aryl methyl sites for hydroxylation is 1. The number of nitrogens with one attached hydrogen (secondary N) is 1. The fraction of sp³-hybridized carbons (Fsp3) is 0.462. The van der Waals surface area contributed by atoms with Gasteiger partial charge in [0.05, 0.1) is 0 Å². The van der Waals surface area contributed by atoms with Crippen molar-refractivity contribution >= 4 is 11.8 Å². The number of carbonyl (C=O) groups is 2. The van der Waals surface area contributed by atoms with Gasteiger partial charge in [-0.15, -0.1) is 0 Å². The lowest BCUT2D eigenvalue weighted by Gasteiger charge is -2.42. The standard InChI is InChI=1S/C26H36N4O2/c1-20-8-6-7-11-23(20)19-29(16-12-22-9-4-3-5-10-22)24-13-17-30(21(2)31)25(18-24)26(32)28-15-14-27/h3-11,24-25H,12-19,27H2,1-2H3,(H,28,32)/t24?,25-/m1/s1. The molecule has 0 saturated carbocycles. The minimum Gasteiger partial charge on any atom is -0.353 e. The smallest absolute Gasteiger partial charge is 0.242 e. The topological polar surface area (TPSA) is 78.7 Å². The van der Waals surface area contributed by atoms with Crippen molar-refractivity contribution < 1.29 is 9.59 Å². The van der Waals surface area contributed by atoms with Crippen LogP contribution in [0.25, 0.3) is 0 Å². The second-order valence-corrected chi connectivity index (χ2v) is 8.62. The van der Waals surface area contributed by atoms with Gasteiger partial charge in [0, 0.05) is 45.7 Å². The van der Waals surface area contributed by atoms with Crippen LogP contribution in [-0.2, 0) is 22.6 Å². The van der Waals surface area contributed by atoms with Gasteiger partial charge < -0.3 is 16.0 Å². The number of likely N-dealkylation sites (tertiary alicyclic amines) is 1. The summed E-state index contributed by atoms with van der Waals surface area (Å²) in [4.78, 5) is 29.3. The van der Waals surface area contributed by atoms with Crippen molar-refractivity contribution in [3.05, 3.63) is 71.3 Å². The Balaban J connectivity index is 1.79.